The number of carbonyl (C=O) groups excluding carboxylic acids is 1. The van der Waals surface area contributed by atoms with E-state index in [-0.39, 0.29) is 21.4 Å². The number of nitrogens with one attached hydrogen (secondary N) is 2. The largest absolute Gasteiger partial charge is 0.495 e. The SMILES string of the molecule is COc1ccc(S(=O)(=O)NC(C)C(=O)NCc2ccc(S(N)(=O)=O)cc2)cc1Cl. The molecule has 2 aromatic carbocycles. The minimum atomic E-state index is -3.99. The molecule has 9 nitrogen and oxygen atoms in total. The number of sulfonamides is 2. The Bertz CT molecular complexity index is 1100. The molecule has 0 saturated heterocycles. The van der Waals surface area contributed by atoms with Gasteiger partial charge in [0.1, 0.15) is 5.75 Å². The predicted molar refractivity (Wildman–Crippen MR) is 107 cm³/mol. The third-order valence-electron chi connectivity index (χ3n) is 3.88. The number of carbonyl (C=O) groups is 1. The fraction of sp³-hybridized carbons (Fsp3) is 0.235. The molecule has 12 heteroatoms. The molecule has 0 heterocycles. The lowest BCUT2D eigenvalue weighted by atomic mass is 10.2. The van der Waals surface area contributed by atoms with Crippen molar-refractivity contribution in [1.29, 1.82) is 0 Å². The maximum atomic E-state index is 12.4. The molecule has 0 aliphatic heterocycles. The molecule has 0 aromatic heterocycles. The molecule has 2 rings (SSSR count). The summed E-state index contributed by atoms with van der Waals surface area (Å²) in [5.41, 5.74) is 0.614. The molecule has 1 amide bonds. The number of benzene rings is 2. The van der Waals surface area contributed by atoms with Crippen LogP contribution in [0.2, 0.25) is 5.02 Å². The van der Waals surface area contributed by atoms with Crippen molar-refractivity contribution in [2.45, 2.75) is 29.3 Å². The summed E-state index contributed by atoms with van der Waals surface area (Å²) >= 11 is 5.95. The molecule has 29 heavy (non-hydrogen) atoms. The van der Waals surface area contributed by atoms with Crippen molar-refractivity contribution < 1.29 is 26.4 Å². The van der Waals surface area contributed by atoms with E-state index in [0.29, 0.717) is 11.3 Å². The normalized spacial score (nSPS) is 13.0. The lowest BCUT2D eigenvalue weighted by Crippen LogP contribution is -2.44. The zero-order valence-electron chi connectivity index (χ0n) is 15.5. The zero-order chi connectivity index (χ0) is 21.8. The van der Waals surface area contributed by atoms with Gasteiger partial charge in [-0.1, -0.05) is 23.7 Å². The van der Waals surface area contributed by atoms with Gasteiger partial charge in [0.05, 0.1) is 28.0 Å². The zero-order valence-corrected chi connectivity index (χ0v) is 17.9. The Balaban J connectivity index is 2.00. The van der Waals surface area contributed by atoms with Crippen molar-refractivity contribution in [2.24, 2.45) is 5.14 Å². The number of nitrogens with two attached hydrogens (primary N) is 1. The monoisotopic (exact) mass is 461 g/mol. The van der Waals surface area contributed by atoms with Crippen LogP contribution in [0.15, 0.2) is 52.3 Å². The van der Waals surface area contributed by atoms with E-state index in [1.54, 1.807) is 0 Å². The van der Waals surface area contributed by atoms with Gasteiger partial charge in [-0.25, -0.2) is 22.0 Å². The average Bonchev–Trinajstić information content (AvgIpc) is 2.65. The first-order valence-electron chi connectivity index (χ1n) is 8.19. The van der Waals surface area contributed by atoms with E-state index >= 15 is 0 Å². The summed E-state index contributed by atoms with van der Waals surface area (Å²) in [7, 11) is -6.38. The Kier molecular flexibility index (Phi) is 7.25. The van der Waals surface area contributed by atoms with Gasteiger partial charge in [0, 0.05) is 6.54 Å². The predicted octanol–water partition coefficient (Wildman–Crippen LogP) is 0.979. The number of primary sulfonamides is 1. The third kappa shape index (κ3) is 6.15. The summed E-state index contributed by atoms with van der Waals surface area (Å²) in [5.74, 6) is -0.242. The molecule has 1 atom stereocenters. The lowest BCUT2D eigenvalue weighted by Gasteiger charge is -2.15. The minimum Gasteiger partial charge on any atom is -0.495 e. The van der Waals surface area contributed by atoms with Gasteiger partial charge in [-0.3, -0.25) is 4.79 Å². The van der Waals surface area contributed by atoms with Crippen molar-refractivity contribution in [1.82, 2.24) is 10.0 Å². The van der Waals surface area contributed by atoms with Crippen molar-refractivity contribution >= 4 is 37.6 Å². The maximum Gasteiger partial charge on any atom is 0.241 e. The number of rotatable bonds is 8. The lowest BCUT2D eigenvalue weighted by molar-refractivity contribution is -0.122. The Morgan fingerprint density at radius 3 is 2.21 bits per heavy atom. The van der Waals surface area contributed by atoms with Crippen molar-refractivity contribution in [2.75, 3.05) is 7.11 Å². The van der Waals surface area contributed by atoms with Crippen LogP contribution in [0.5, 0.6) is 5.75 Å². The topological polar surface area (TPSA) is 145 Å². The fourth-order valence-electron chi connectivity index (χ4n) is 2.31. The molecule has 0 saturated carbocycles. The second-order valence-corrected chi connectivity index (χ2v) is 9.73. The van der Waals surface area contributed by atoms with Gasteiger partial charge in [0.25, 0.3) is 0 Å². The summed E-state index contributed by atoms with van der Waals surface area (Å²) in [4.78, 5) is 12.1. The number of halogens is 1. The Morgan fingerprint density at radius 2 is 1.69 bits per heavy atom. The highest BCUT2D eigenvalue weighted by atomic mass is 35.5. The molecule has 0 fully saturated rings. The van der Waals surface area contributed by atoms with E-state index in [9.17, 15) is 21.6 Å². The van der Waals surface area contributed by atoms with Gasteiger partial charge in [-0.2, -0.15) is 4.72 Å². The second-order valence-electron chi connectivity index (χ2n) is 6.05. The quantitative estimate of drug-likeness (QED) is 0.534. The standard InChI is InChI=1S/C17H20ClN3O6S2/c1-11(21-29(25,26)14-7-8-16(27-2)15(18)9-14)17(22)20-10-12-3-5-13(6-4-12)28(19,23)24/h3-9,11,21H,10H2,1-2H3,(H,20,22)(H2,19,23,24). The molecular formula is C17H20ClN3O6S2. The maximum absolute atomic E-state index is 12.4. The Hall–Kier alpha value is -2.18. The number of ether oxygens (including phenoxy) is 1. The average molecular weight is 462 g/mol. The summed E-state index contributed by atoms with van der Waals surface area (Å²) in [6, 6.07) is 8.50. The highest BCUT2D eigenvalue weighted by molar-refractivity contribution is 7.89. The molecule has 0 spiro atoms. The summed E-state index contributed by atoms with van der Waals surface area (Å²) < 4.78 is 54.6. The van der Waals surface area contributed by atoms with Crippen LogP contribution in [0.4, 0.5) is 0 Å². The van der Waals surface area contributed by atoms with Gasteiger partial charge in [0.15, 0.2) is 0 Å². The van der Waals surface area contributed by atoms with Crippen LogP contribution >= 0.6 is 11.6 Å². The van der Waals surface area contributed by atoms with Crippen LogP contribution in [0, 0.1) is 0 Å². The van der Waals surface area contributed by atoms with E-state index in [1.807, 2.05) is 0 Å². The van der Waals surface area contributed by atoms with Gasteiger partial charge < -0.3 is 10.1 Å². The van der Waals surface area contributed by atoms with E-state index < -0.39 is 32.0 Å². The van der Waals surface area contributed by atoms with E-state index in [2.05, 4.69) is 10.0 Å². The summed E-state index contributed by atoms with van der Waals surface area (Å²) in [6.07, 6.45) is 0. The smallest absolute Gasteiger partial charge is 0.241 e. The van der Waals surface area contributed by atoms with Gasteiger partial charge in [-0.15, -0.1) is 0 Å². The summed E-state index contributed by atoms with van der Waals surface area (Å²) in [5, 5.41) is 7.71. The van der Waals surface area contributed by atoms with E-state index in [1.165, 1.54) is 56.5 Å². The first kappa shape index (κ1) is 23.1. The number of hydrogen-bond donors (Lipinski definition) is 3. The van der Waals surface area contributed by atoms with E-state index in [0.717, 1.165) is 0 Å². The highest BCUT2D eigenvalue weighted by Crippen LogP contribution is 2.26. The van der Waals surface area contributed by atoms with Crippen LogP contribution < -0.4 is 19.9 Å². The molecule has 0 aliphatic rings. The molecule has 0 bridgehead atoms. The third-order valence-corrected chi connectivity index (χ3v) is 6.64. The number of methoxy groups -OCH3 is 1. The van der Waals surface area contributed by atoms with Gasteiger partial charge >= 0.3 is 0 Å². The van der Waals surface area contributed by atoms with Crippen molar-refractivity contribution in [3.8, 4) is 5.75 Å². The Labute approximate surface area is 174 Å². The fourth-order valence-corrected chi connectivity index (χ4v) is 4.37. The first-order valence-corrected chi connectivity index (χ1v) is 11.6. The number of amides is 1. The number of hydrogen-bond acceptors (Lipinski definition) is 6. The Morgan fingerprint density at radius 1 is 1.10 bits per heavy atom. The van der Waals surface area contributed by atoms with Crippen LogP contribution in [0.3, 0.4) is 0 Å². The highest BCUT2D eigenvalue weighted by Gasteiger charge is 2.23. The second kappa shape index (κ2) is 9.09. The van der Waals surface area contributed by atoms with Gasteiger partial charge in [0.2, 0.25) is 26.0 Å². The molecule has 2 aromatic rings. The summed E-state index contributed by atoms with van der Waals surface area (Å²) in [6.45, 7) is 1.46. The molecule has 0 aliphatic carbocycles. The van der Waals surface area contributed by atoms with E-state index in [4.69, 9.17) is 21.5 Å². The van der Waals surface area contributed by atoms with Gasteiger partial charge in [-0.05, 0) is 42.8 Å². The minimum absolute atomic E-state index is 0.0492. The van der Waals surface area contributed by atoms with Crippen molar-refractivity contribution in [3.05, 3.63) is 53.1 Å². The van der Waals surface area contributed by atoms with Crippen molar-refractivity contribution in [3.63, 3.8) is 0 Å². The van der Waals surface area contributed by atoms with Crippen LogP contribution in [0.1, 0.15) is 12.5 Å². The van der Waals surface area contributed by atoms with Crippen LogP contribution in [-0.4, -0.2) is 35.9 Å². The molecule has 158 valence electrons. The molecular weight excluding hydrogens is 442 g/mol. The van der Waals surface area contributed by atoms with Crippen LogP contribution in [-0.2, 0) is 31.4 Å². The molecule has 1 unspecified atom stereocenters. The van der Waals surface area contributed by atoms with Crippen LogP contribution in [0.25, 0.3) is 0 Å². The first-order chi connectivity index (χ1) is 13.4. The molecule has 0 radical (unpaired) electrons. The molecule has 4 N–H and O–H groups in total.